The van der Waals surface area contributed by atoms with E-state index in [0.29, 0.717) is 11.5 Å². The van der Waals surface area contributed by atoms with Crippen molar-refractivity contribution in [3.05, 3.63) is 180 Å². The molecule has 7 rings (SSSR count). The van der Waals surface area contributed by atoms with Gasteiger partial charge in [-0.3, -0.25) is 4.79 Å². The molecule has 1 nitrogen and oxygen atoms in total. The van der Waals surface area contributed by atoms with E-state index in [-0.39, 0.29) is 0 Å². The van der Waals surface area contributed by atoms with Gasteiger partial charge in [0.1, 0.15) is 6.29 Å². The molecule has 0 N–H and O–H groups in total. The molecular formula is C45H36O. The van der Waals surface area contributed by atoms with Gasteiger partial charge in [-0.25, -0.2) is 0 Å². The molecule has 6 aromatic carbocycles. The molecule has 1 aliphatic carbocycles. The van der Waals surface area contributed by atoms with Crippen LogP contribution in [-0.2, 0) is 0 Å². The Balaban J connectivity index is 1.25. The molecule has 1 unspecified atom stereocenters. The third kappa shape index (κ3) is 6.32. The number of hydrogen-bond donors (Lipinski definition) is 0. The van der Waals surface area contributed by atoms with Crippen LogP contribution >= 0.6 is 0 Å². The molecule has 0 bridgehead atoms. The number of carbonyl (C=O) groups excluding carboxylic acids is 1. The Labute approximate surface area is 272 Å². The van der Waals surface area contributed by atoms with Crippen molar-refractivity contribution in [1.29, 1.82) is 0 Å². The maximum atomic E-state index is 11.1. The Hall–Kier alpha value is -5.53. The molecule has 0 heterocycles. The van der Waals surface area contributed by atoms with E-state index in [1.807, 2.05) is 24.3 Å². The molecule has 0 radical (unpaired) electrons. The van der Waals surface area contributed by atoms with E-state index < -0.39 is 0 Å². The zero-order valence-corrected chi connectivity index (χ0v) is 26.3. The largest absolute Gasteiger partial charge is 0.298 e. The lowest BCUT2D eigenvalue weighted by molar-refractivity contribution is 0.112. The molecule has 0 saturated heterocycles. The summed E-state index contributed by atoms with van der Waals surface area (Å²) in [6.45, 7) is 4.28. The molecule has 1 aliphatic rings. The number of carbonyl (C=O) groups is 1. The highest BCUT2D eigenvalue weighted by atomic mass is 16.1. The zero-order chi connectivity index (χ0) is 31.5. The normalized spacial score (nSPS) is 14.1. The number of allylic oxidation sites excluding steroid dienone is 4. The first-order valence-electron chi connectivity index (χ1n) is 16.0. The topological polar surface area (TPSA) is 17.1 Å². The third-order valence-electron chi connectivity index (χ3n) is 9.09. The Morgan fingerprint density at radius 1 is 0.478 bits per heavy atom. The van der Waals surface area contributed by atoms with Crippen molar-refractivity contribution in [3.8, 4) is 55.6 Å². The monoisotopic (exact) mass is 592 g/mol. The molecule has 0 spiro atoms. The minimum absolute atomic E-state index is 0.430. The van der Waals surface area contributed by atoms with Gasteiger partial charge in [0.15, 0.2) is 0 Å². The van der Waals surface area contributed by atoms with Crippen LogP contribution in [0.4, 0.5) is 0 Å². The van der Waals surface area contributed by atoms with Crippen LogP contribution in [0.25, 0.3) is 55.6 Å². The van der Waals surface area contributed by atoms with Crippen LogP contribution in [0.3, 0.4) is 0 Å². The lowest BCUT2D eigenvalue weighted by atomic mass is 9.88. The van der Waals surface area contributed by atoms with Crippen molar-refractivity contribution < 1.29 is 4.79 Å². The first kappa shape index (κ1) is 29.2. The minimum atomic E-state index is 0.430. The van der Waals surface area contributed by atoms with Crippen molar-refractivity contribution in [3.63, 3.8) is 0 Å². The average Bonchev–Trinajstić information content (AvgIpc) is 3.12. The Kier molecular flexibility index (Phi) is 8.14. The molecule has 0 fully saturated rings. The number of aldehydes is 1. The highest BCUT2D eigenvalue weighted by Crippen LogP contribution is 2.36. The van der Waals surface area contributed by atoms with Crippen LogP contribution in [0.1, 0.15) is 40.7 Å². The average molecular weight is 593 g/mol. The van der Waals surface area contributed by atoms with Crippen LogP contribution in [0.15, 0.2) is 163 Å². The summed E-state index contributed by atoms with van der Waals surface area (Å²) in [4.78, 5) is 11.1. The number of hydrogen-bond acceptors (Lipinski definition) is 1. The number of aryl methyl sites for hydroxylation is 1. The van der Waals surface area contributed by atoms with Gasteiger partial charge in [0.05, 0.1) is 0 Å². The van der Waals surface area contributed by atoms with Crippen molar-refractivity contribution in [1.82, 2.24) is 0 Å². The van der Waals surface area contributed by atoms with Crippen molar-refractivity contribution in [2.75, 3.05) is 0 Å². The summed E-state index contributed by atoms with van der Waals surface area (Å²) in [6.07, 6.45) is 8.81. The molecule has 0 aromatic heterocycles. The summed E-state index contributed by atoms with van der Waals surface area (Å²) in [7, 11) is 0. The summed E-state index contributed by atoms with van der Waals surface area (Å²) in [5.41, 5.74) is 16.4. The smallest absolute Gasteiger partial charge is 0.150 e. The van der Waals surface area contributed by atoms with Crippen molar-refractivity contribution in [2.45, 2.75) is 26.2 Å². The van der Waals surface area contributed by atoms with Crippen molar-refractivity contribution in [2.24, 2.45) is 0 Å². The molecule has 1 heteroatoms. The van der Waals surface area contributed by atoms with E-state index in [4.69, 9.17) is 0 Å². The van der Waals surface area contributed by atoms with E-state index in [0.717, 1.165) is 23.8 Å². The van der Waals surface area contributed by atoms with E-state index in [1.54, 1.807) is 0 Å². The van der Waals surface area contributed by atoms with E-state index in [9.17, 15) is 4.79 Å². The summed E-state index contributed by atoms with van der Waals surface area (Å²) in [5, 5.41) is 0. The number of benzene rings is 6. The number of rotatable bonds is 7. The summed E-state index contributed by atoms with van der Waals surface area (Å²) < 4.78 is 0. The van der Waals surface area contributed by atoms with Gasteiger partial charge in [-0.05, 0) is 99.7 Å². The predicted molar refractivity (Wildman–Crippen MR) is 194 cm³/mol. The summed E-state index contributed by atoms with van der Waals surface area (Å²) >= 11 is 0. The van der Waals surface area contributed by atoms with Gasteiger partial charge in [0.25, 0.3) is 0 Å². The predicted octanol–water partition coefficient (Wildman–Crippen LogP) is 12.1. The van der Waals surface area contributed by atoms with Crippen LogP contribution < -0.4 is 0 Å². The minimum Gasteiger partial charge on any atom is -0.298 e. The highest BCUT2D eigenvalue weighted by molar-refractivity contribution is 5.83. The van der Waals surface area contributed by atoms with E-state index >= 15 is 0 Å². The quantitative estimate of drug-likeness (QED) is 0.169. The summed E-state index contributed by atoms with van der Waals surface area (Å²) in [6, 6.07) is 50.1. The standard InChI is InChI=1S/C45H36O/c1-31-3-9-34(10-4-31)37-15-21-40(22-16-37)43-27-44(41-23-17-38(18-24-41)35-11-5-32(2)6-12-35)29-45(28-43)42-25-19-39(20-26-42)36-13-7-33(30-46)8-14-36/h3-11,13-30,35H,12H2,1-2H3. The second-order valence-corrected chi connectivity index (χ2v) is 12.3. The van der Waals surface area contributed by atoms with Gasteiger partial charge < -0.3 is 0 Å². The molecule has 1 atom stereocenters. The van der Waals surface area contributed by atoms with Crippen LogP contribution in [0, 0.1) is 6.92 Å². The first-order chi connectivity index (χ1) is 22.5. The molecular weight excluding hydrogens is 556 g/mol. The third-order valence-corrected chi connectivity index (χ3v) is 9.09. The molecule has 0 amide bonds. The molecule has 0 aliphatic heterocycles. The lowest BCUT2D eigenvalue weighted by Crippen LogP contribution is -1.97. The lowest BCUT2D eigenvalue weighted by Gasteiger charge is -2.16. The second-order valence-electron chi connectivity index (χ2n) is 12.3. The maximum absolute atomic E-state index is 11.1. The van der Waals surface area contributed by atoms with Gasteiger partial charge >= 0.3 is 0 Å². The van der Waals surface area contributed by atoms with Gasteiger partial charge in [0.2, 0.25) is 0 Å². The molecule has 222 valence electrons. The Morgan fingerprint density at radius 3 is 1.24 bits per heavy atom. The van der Waals surface area contributed by atoms with Crippen molar-refractivity contribution >= 4 is 6.29 Å². The Bertz CT molecular complexity index is 2040. The van der Waals surface area contributed by atoms with Crippen LogP contribution in [0.2, 0.25) is 0 Å². The molecule has 46 heavy (non-hydrogen) atoms. The first-order valence-corrected chi connectivity index (χ1v) is 16.0. The second kappa shape index (κ2) is 12.8. The maximum Gasteiger partial charge on any atom is 0.150 e. The summed E-state index contributed by atoms with van der Waals surface area (Å²) in [5.74, 6) is 0.430. The SMILES string of the molecule is CC1=CCC(c2ccc(-c3cc(-c4ccc(-c5ccc(C)cc5)cc4)cc(-c4ccc(-c5ccc(C=O)cc5)cc4)c3)cc2)C=C1. The Morgan fingerprint density at radius 2 is 0.848 bits per heavy atom. The fraction of sp³-hybridized carbons (Fsp3) is 0.0889. The van der Waals surface area contributed by atoms with Gasteiger partial charge in [0, 0.05) is 11.5 Å². The highest BCUT2D eigenvalue weighted by Gasteiger charge is 2.12. The zero-order valence-electron chi connectivity index (χ0n) is 26.3. The fourth-order valence-electron chi connectivity index (χ4n) is 6.24. The van der Waals surface area contributed by atoms with Gasteiger partial charge in [-0.15, -0.1) is 0 Å². The fourth-order valence-corrected chi connectivity index (χ4v) is 6.24. The molecule has 6 aromatic rings. The van der Waals surface area contributed by atoms with E-state index in [2.05, 4.69) is 147 Å². The van der Waals surface area contributed by atoms with Crippen LogP contribution in [-0.4, -0.2) is 6.29 Å². The van der Waals surface area contributed by atoms with Gasteiger partial charge in [-0.1, -0.05) is 151 Å². The van der Waals surface area contributed by atoms with Gasteiger partial charge in [-0.2, -0.15) is 0 Å². The van der Waals surface area contributed by atoms with E-state index in [1.165, 1.54) is 61.2 Å². The molecule has 0 saturated carbocycles. The van der Waals surface area contributed by atoms with Crippen LogP contribution in [0.5, 0.6) is 0 Å².